The lowest BCUT2D eigenvalue weighted by atomic mass is 9.94. The summed E-state index contributed by atoms with van der Waals surface area (Å²) in [5.41, 5.74) is 14.6. The van der Waals surface area contributed by atoms with Crippen molar-refractivity contribution >= 4 is 16.9 Å². The SMILES string of the molecule is CCC1c2ccccc2-c2cc(-c3nc4cc(C(N)=O)ccc4n3C3CCCC3)ccc21. The van der Waals surface area contributed by atoms with E-state index in [2.05, 4.69) is 54.0 Å². The van der Waals surface area contributed by atoms with Crippen LogP contribution in [0.2, 0.25) is 0 Å². The van der Waals surface area contributed by atoms with Gasteiger partial charge in [-0.2, -0.15) is 0 Å². The van der Waals surface area contributed by atoms with E-state index >= 15 is 0 Å². The van der Waals surface area contributed by atoms with E-state index in [1.165, 1.54) is 47.9 Å². The smallest absolute Gasteiger partial charge is 0.248 e. The number of hydrogen-bond acceptors (Lipinski definition) is 2. The Hall–Kier alpha value is -3.40. The molecule has 6 rings (SSSR count). The van der Waals surface area contributed by atoms with Crippen LogP contribution >= 0.6 is 0 Å². The Labute approximate surface area is 188 Å². The Morgan fingerprint density at radius 3 is 2.56 bits per heavy atom. The summed E-state index contributed by atoms with van der Waals surface area (Å²) >= 11 is 0. The van der Waals surface area contributed by atoms with E-state index in [1.807, 2.05) is 18.2 Å². The van der Waals surface area contributed by atoms with Crippen molar-refractivity contribution in [1.29, 1.82) is 0 Å². The first-order valence-electron chi connectivity index (χ1n) is 11.7. The summed E-state index contributed by atoms with van der Waals surface area (Å²) in [6.07, 6.45) is 5.93. The van der Waals surface area contributed by atoms with Gasteiger partial charge in [-0.25, -0.2) is 4.98 Å². The number of benzene rings is 3. The van der Waals surface area contributed by atoms with E-state index in [4.69, 9.17) is 10.7 Å². The topological polar surface area (TPSA) is 60.9 Å². The fourth-order valence-electron chi connectivity index (χ4n) is 5.87. The van der Waals surface area contributed by atoms with Crippen molar-refractivity contribution in [2.45, 2.75) is 51.0 Å². The zero-order chi connectivity index (χ0) is 21.8. The van der Waals surface area contributed by atoms with Crippen LogP contribution in [0.25, 0.3) is 33.5 Å². The maximum absolute atomic E-state index is 11.8. The van der Waals surface area contributed by atoms with Crippen LogP contribution in [0.1, 0.15) is 72.5 Å². The molecule has 1 fully saturated rings. The zero-order valence-corrected chi connectivity index (χ0v) is 18.3. The number of aromatic nitrogens is 2. The molecule has 4 aromatic rings. The first-order chi connectivity index (χ1) is 15.7. The van der Waals surface area contributed by atoms with Gasteiger partial charge in [0.15, 0.2) is 0 Å². The van der Waals surface area contributed by atoms with Crippen LogP contribution in [0, 0.1) is 0 Å². The van der Waals surface area contributed by atoms with E-state index < -0.39 is 5.91 Å². The van der Waals surface area contributed by atoms with E-state index in [9.17, 15) is 4.79 Å². The van der Waals surface area contributed by atoms with Gasteiger partial charge in [0.25, 0.3) is 0 Å². The van der Waals surface area contributed by atoms with Gasteiger partial charge in [-0.1, -0.05) is 56.2 Å². The average Bonchev–Trinajstić information content (AvgIpc) is 3.53. The molecule has 1 saturated carbocycles. The highest BCUT2D eigenvalue weighted by atomic mass is 16.1. The van der Waals surface area contributed by atoms with Crippen LogP contribution in [0.4, 0.5) is 0 Å². The Bertz CT molecular complexity index is 1360. The molecular weight excluding hydrogens is 394 g/mol. The Morgan fingerprint density at radius 2 is 1.78 bits per heavy atom. The number of nitrogens with zero attached hydrogens (tertiary/aromatic N) is 2. The molecule has 1 unspecified atom stereocenters. The van der Waals surface area contributed by atoms with Crippen molar-refractivity contribution < 1.29 is 4.79 Å². The lowest BCUT2D eigenvalue weighted by Gasteiger charge is -2.17. The third-order valence-electron chi connectivity index (χ3n) is 7.39. The fourth-order valence-corrected chi connectivity index (χ4v) is 5.87. The van der Waals surface area contributed by atoms with E-state index in [0.717, 1.165) is 28.8 Å². The Balaban J connectivity index is 1.56. The Kier molecular flexibility index (Phi) is 4.42. The second-order valence-electron chi connectivity index (χ2n) is 9.16. The summed E-state index contributed by atoms with van der Waals surface area (Å²) in [7, 11) is 0. The van der Waals surface area contributed by atoms with Gasteiger partial charge < -0.3 is 10.3 Å². The molecule has 0 bridgehead atoms. The standard InChI is InChI=1S/C28H27N3O/c1-2-20-21-9-5-6-10-22(21)24-15-18(11-13-23(20)24)28-30-25-16-17(27(29)32)12-14-26(25)31(28)19-7-3-4-8-19/h5-6,9-16,19-20H,2-4,7-8H2,1H3,(H2,29,32). The number of primary amides is 1. The second-order valence-corrected chi connectivity index (χ2v) is 9.16. The molecule has 2 N–H and O–H groups in total. The predicted octanol–water partition coefficient (Wildman–Crippen LogP) is 6.44. The molecule has 1 aromatic heterocycles. The molecule has 1 heterocycles. The summed E-state index contributed by atoms with van der Waals surface area (Å²) in [5.74, 6) is 1.04. The van der Waals surface area contributed by atoms with Crippen molar-refractivity contribution in [2.24, 2.45) is 5.73 Å². The summed E-state index contributed by atoms with van der Waals surface area (Å²) in [6, 6.07) is 21.8. The summed E-state index contributed by atoms with van der Waals surface area (Å²) in [4.78, 5) is 16.8. The van der Waals surface area contributed by atoms with Crippen molar-refractivity contribution in [1.82, 2.24) is 9.55 Å². The first kappa shape index (κ1) is 19.3. The minimum absolute atomic E-state index is 0.413. The maximum atomic E-state index is 11.8. The minimum atomic E-state index is -0.413. The van der Waals surface area contributed by atoms with Gasteiger partial charge in [-0.3, -0.25) is 4.79 Å². The molecule has 160 valence electrons. The number of rotatable bonds is 4. The van der Waals surface area contributed by atoms with Crippen LogP contribution < -0.4 is 5.73 Å². The summed E-state index contributed by atoms with van der Waals surface area (Å²) < 4.78 is 2.41. The molecule has 1 amide bonds. The van der Waals surface area contributed by atoms with E-state index in [1.54, 1.807) is 0 Å². The van der Waals surface area contributed by atoms with Crippen molar-refractivity contribution in [3.05, 3.63) is 77.4 Å². The van der Waals surface area contributed by atoms with Crippen LogP contribution in [-0.2, 0) is 0 Å². The number of imidazole rings is 1. The number of carbonyl (C=O) groups excluding carboxylic acids is 1. The van der Waals surface area contributed by atoms with Crippen LogP contribution in [-0.4, -0.2) is 15.5 Å². The largest absolute Gasteiger partial charge is 0.366 e. The lowest BCUT2D eigenvalue weighted by Crippen LogP contribution is -2.10. The monoisotopic (exact) mass is 421 g/mol. The zero-order valence-electron chi connectivity index (χ0n) is 18.3. The fraction of sp³-hybridized carbons (Fsp3) is 0.286. The molecule has 0 radical (unpaired) electrons. The normalized spacial score (nSPS) is 17.6. The molecule has 4 heteroatoms. The van der Waals surface area contributed by atoms with Crippen LogP contribution in [0.15, 0.2) is 60.7 Å². The highest BCUT2D eigenvalue weighted by Crippen LogP contribution is 2.48. The first-order valence-corrected chi connectivity index (χ1v) is 11.7. The summed E-state index contributed by atoms with van der Waals surface area (Å²) in [6.45, 7) is 2.26. The highest BCUT2D eigenvalue weighted by molar-refractivity contribution is 5.97. The predicted molar refractivity (Wildman–Crippen MR) is 129 cm³/mol. The molecule has 0 aliphatic heterocycles. The second kappa shape index (κ2) is 7.33. The van der Waals surface area contributed by atoms with Crippen molar-refractivity contribution in [2.75, 3.05) is 0 Å². The van der Waals surface area contributed by atoms with Crippen molar-refractivity contribution in [3.63, 3.8) is 0 Å². The molecule has 0 saturated heterocycles. The van der Waals surface area contributed by atoms with Gasteiger partial charge in [0.1, 0.15) is 5.82 Å². The Morgan fingerprint density at radius 1 is 1.00 bits per heavy atom. The molecule has 2 aliphatic carbocycles. The molecule has 32 heavy (non-hydrogen) atoms. The quantitative estimate of drug-likeness (QED) is 0.412. The molecule has 4 nitrogen and oxygen atoms in total. The van der Waals surface area contributed by atoms with Crippen LogP contribution in [0.3, 0.4) is 0 Å². The van der Waals surface area contributed by atoms with Gasteiger partial charge in [-0.15, -0.1) is 0 Å². The minimum Gasteiger partial charge on any atom is -0.366 e. The van der Waals surface area contributed by atoms with Gasteiger partial charge in [0.05, 0.1) is 11.0 Å². The molecule has 1 atom stereocenters. The van der Waals surface area contributed by atoms with E-state index in [-0.39, 0.29) is 0 Å². The van der Waals surface area contributed by atoms with Gasteiger partial charge >= 0.3 is 0 Å². The number of fused-ring (bicyclic) bond motifs is 4. The molecule has 3 aromatic carbocycles. The third-order valence-corrected chi connectivity index (χ3v) is 7.39. The van der Waals surface area contributed by atoms with Gasteiger partial charge in [0, 0.05) is 23.1 Å². The van der Waals surface area contributed by atoms with Gasteiger partial charge in [0.2, 0.25) is 5.91 Å². The molecule has 2 aliphatic rings. The highest BCUT2D eigenvalue weighted by Gasteiger charge is 2.29. The number of hydrogen-bond donors (Lipinski definition) is 1. The van der Waals surface area contributed by atoms with Crippen molar-refractivity contribution in [3.8, 4) is 22.5 Å². The third kappa shape index (κ3) is 2.82. The summed E-state index contributed by atoms with van der Waals surface area (Å²) in [5, 5.41) is 0. The molecule has 0 spiro atoms. The van der Waals surface area contributed by atoms with E-state index in [0.29, 0.717) is 17.5 Å². The van der Waals surface area contributed by atoms with Gasteiger partial charge in [-0.05, 0) is 65.8 Å². The number of carbonyl (C=O) groups is 1. The number of amides is 1. The average molecular weight is 422 g/mol. The molecular formula is C28H27N3O. The number of nitrogens with two attached hydrogens (primary N) is 1. The maximum Gasteiger partial charge on any atom is 0.248 e. The lowest BCUT2D eigenvalue weighted by molar-refractivity contribution is 0.100. The van der Waals surface area contributed by atoms with Crippen LogP contribution in [0.5, 0.6) is 0 Å².